The molecule has 36 heavy (non-hydrogen) atoms. The average Bonchev–Trinajstić information content (AvgIpc) is 3.35. The highest BCUT2D eigenvalue weighted by molar-refractivity contribution is 5.65. The van der Waals surface area contributed by atoms with Crippen LogP contribution in [0.25, 0.3) is 11.1 Å². The number of fused-ring (bicyclic) bond motifs is 2. The molecule has 0 saturated heterocycles. The van der Waals surface area contributed by atoms with Crippen LogP contribution in [0, 0.1) is 40.8 Å². The Kier molecular flexibility index (Phi) is 5.61. The van der Waals surface area contributed by atoms with Crippen molar-refractivity contribution in [2.75, 3.05) is 0 Å². The van der Waals surface area contributed by atoms with Crippen LogP contribution < -0.4 is 4.74 Å². The third-order valence-electron chi connectivity index (χ3n) is 6.76. The first-order chi connectivity index (χ1) is 16.9. The summed E-state index contributed by atoms with van der Waals surface area (Å²) < 4.78 is 133. The standard InChI is InChI=1S/C26H15F9O/c27-17-10-15(1-2-16(17)13-6-20(30)24(33)21(31)7-13)36-26(34,35)23-18(28)8-14(9-19(23)29)25-4-3-12(11-25)5-22(25)32/h1-2,5-10,12H,3-4,11H2/t12?,25-/m1/s1. The lowest BCUT2D eigenvalue weighted by Crippen LogP contribution is -2.27. The van der Waals surface area contributed by atoms with E-state index in [1.165, 1.54) is 6.08 Å². The van der Waals surface area contributed by atoms with Gasteiger partial charge in [-0.25, -0.2) is 30.7 Å². The van der Waals surface area contributed by atoms with E-state index in [1.807, 2.05) is 0 Å². The van der Waals surface area contributed by atoms with Gasteiger partial charge < -0.3 is 4.74 Å². The highest BCUT2D eigenvalue weighted by atomic mass is 19.3. The molecular formula is C26H15F9O. The number of hydrogen-bond donors (Lipinski definition) is 0. The van der Waals surface area contributed by atoms with Gasteiger partial charge in [0.1, 0.15) is 34.6 Å². The van der Waals surface area contributed by atoms with Gasteiger partial charge in [-0.1, -0.05) is 0 Å². The minimum atomic E-state index is -4.60. The van der Waals surface area contributed by atoms with E-state index in [1.54, 1.807) is 0 Å². The molecule has 3 aromatic rings. The fraction of sp³-hybridized carbons (Fsp3) is 0.231. The minimum Gasteiger partial charge on any atom is -0.429 e. The van der Waals surface area contributed by atoms with Gasteiger partial charge in [-0.15, -0.1) is 0 Å². The molecule has 0 heterocycles. The van der Waals surface area contributed by atoms with Gasteiger partial charge in [-0.2, -0.15) is 8.78 Å². The quantitative estimate of drug-likeness (QED) is 0.246. The van der Waals surface area contributed by atoms with E-state index in [0.29, 0.717) is 43.2 Å². The van der Waals surface area contributed by atoms with Crippen LogP contribution in [0.2, 0.25) is 0 Å². The zero-order valence-corrected chi connectivity index (χ0v) is 18.1. The second kappa shape index (κ2) is 8.31. The highest BCUT2D eigenvalue weighted by Crippen LogP contribution is 2.56. The van der Waals surface area contributed by atoms with Crippen LogP contribution in [0.15, 0.2) is 54.4 Å². The van der Waals surface area contributed by atoms with Gasteiger partial charge in [-0.3, -0.25) is 0 Å². The van der Waals surface area contributed by atoms with Crippen molar-refractivity contribution in [2.45, 2.75) is 30.8 Å². The van der Waals surface area contributed by atoms with Crippen LogP contribution in [0.3, 0.4) is 0 Å². The molecular weight excluding hydrogens is 499 g/mol. The third-order valence-corrected chi connectivity index (χ3v) is 6.76. The summed E-state index contributed by atoms with van der Waals surface area (Å²) in [5.74, 6) is -11.0. The van der Waals surface area contributed by atoms with Crippen molar-refractivity contribution in [3.8, 4) is 16.9 Å². The minimum absolute atomic E-state index is 0.0821. The fourth-order valence-electron chi connectivity index (χ4n) is 5.04. The summed E-state index contributed by atoms with van der Waals surface area (Å²) in [6.45, 7) is 0. The van der Waals surface area contributed by atoms with Crippen LogP contribution in [0.4, 0.5) is 39.5 Å². The molecule has 0 N–H and O–H groups in total. The molecule has 0 aromatic heterocycles. The summed E-state index contributed by atoms with van der Waals surface area (Å²) >= 11 is 0. The summed E-state index contributed by atoms with van der Waals surface area (Å²) in [6, 6.07) is 4.35. The number of rotatable bonds is 5. The van der Waals surface area contributed by atoms with E-state index >= 15 is 0 Å². The molecule has 2 bridgehead atoms. The summed E-state index contributed by atoms with van der Waals surface area (Å²) in [7, 11) is 0. The first-order valence-corrected chi connectivity index (χ1v) is 10.8. The second-order valence-electron chi connectivity index (χ2n) is 8.93. The van der Waals surface area contributed by atoms with E-state index in [-0.39, 0.29) is 17.9 Å². The Morgan fingerprint density at radius 3 is 1.94 bits per heavy atom. The number of benzene rings is 3. The molecule has 188 valence electrons. The Hall–Kier alpha value is -3.43. The van der Waals surface area contributed by atoms with Gasteiger partial charge >= 0.3 is 6.11 Å². The molecule has 1 fully saturated rings. The summed E-state index contributed by atoms with van der Waals surface area (Å²) in [5.41, 5.74) is -3.98. The molecule has 5 rings (SSSR count). The highest BCUT2D eigenvalue weighted by Gasteiger charge is 2.50. The van der Waals surface area contributed by atoms with Gasteiger partial charge in [0.25, 0.3) is 0 Å². The molecule has 2 aliphatic rings. The first-order valence-electron chi connectivity index (χ1n) is 10.8. The molecule has 3 aromatic carbocycles. The summed E-state index contributed by atoms with van der Waals surface area (Å²) in [6.07, 6.45) is -2.04. The third kappa shape index (κ3) is 3.83. The van der Waals surface area contributed by atoms with E-state index < -0.39 is 74.7 Å². The zero-order valence-electron chi connectivity index (χ0n) is 18.1. The largest absolute Gasteiger partial charge is 0.432 e. The lowest BCUT2D eigenvalue weighted by atomic mass is 9.78. The maximum absolute atomic E-state index is 14.8. The van der Waals surface area contributed by atoms with Gasteiger partial charge in [0, 0.05) is 17.0 Å². The molecule has 0 amide bonds. The molecule has 2 atom stereocenters. The molecule has 0 radical (unpaired) electrons. The second-order valence-corrected chi connectivity index (χ2v) is 8.93. The molecule has 10 heteroatoms. The van der Waals surface area contributed by atoms with Gasteiger partial charge in [0.05, 0.1) is 0 Å². The average molecular weight is 514 g/mol. The van der Waals surface area contributed by atoms with Crippen molar-refractivity contribution < 1.29 is 44.3 Å². The normalized spacial score (nSPS) is 21.1. The van der Waals surface area contributed by atoms with Gasteiger partial charge in [-0.05, 0) is 78.8 Å². The predicted octanol–water partition coefficient (Wildman–Crippen LogP) is 8.22. The number of hydrogen-bond acceptors (Lipinski definition) is 1. The molecule has 2 aliphatic carbocycles. The summed E-state index contributed by atoms with van der Waals surface area (Å²) in [5, 5.41) is 0. The fourth-order valence-corrected chi connectivity index (χ4v) is 5.04. The Balaban J connectivity index is 1.44. The molecule has 0 spiro atoms. The van der Waals surface area contributed by atoms with Crippen molar-refractivity contribution in [1.29, 1.82) is 0 Å². The number of alkyl halides is 2. The Morgan fingerprint density at radius 2 is 1.42 bits per heavy atom. The lowest BCUT2D eigenvalue weighted by molar-refractivity contribution is -0.189. The van der Waals surface area contributed by atoms with Crippen molar-refractivity contribution in [1.82, 2.24) is 0 Å². The molecule has 0 aliphatic heterocycles. The van der Waals surface area contributed by atoms with Crippen molar-refractivity contribution in [2.24, 2.45) is 5.92 Å². The Labute approximate surface area is 198 Å². The summed E-state index contributed by atoms with van der Waals surface area (Å²) in [4.78, 5) is 0. The number of halogens is 9. The van der Waals surface area contributed by atoms with Gasteiger partial charge in [0.2, 0.25) is 0 Å². The maximum atomic E-state index is 14.8. The number of allylic oxidation sites excluding steroid dienone is 2. The lowest BCUT2D eigenvalue weighted by Gasteiger charge is -2.27. The number of ether oxygens (including phenoxy) is 1. The van der Waals surface area contributed by atoms with E-state index in [2.05, 4.69) is 4.74 Å². The SMILES string of the molecule is FC1=CC2CC[C@]1(c1cc(F)c(C(F)(F)Oc3ccc(-c4cc(F)c(F)c(F)c4)c(F)c3)c(F)c1)C2. The van der Waals surface area contributed by atoms with Crippen LogP contribution >= 0.6 is 0 Å². The van der Waals surface area contributed by atoms with Crippen LogP contribution in [0.1, 0.15) is 30.4 Å². The van der Waals surface area contributed by atoms with Crippen molar-refractivity contribution in [3.63, 3.8) is 0 Å². The molecule has 1 unspecified atom stereocenters. The van der Waals surface area contributed by atoms with Crippen molar-refractivity contribution in [3.05, 3.63) is 100 Å². The molecule has 1 saturated carbocycles. The predicted molar refractivity (Wildman–Crippen MR) is 111 cm³/mol. The van der Waals surface area contributed by atoms with E-state index in [4.69, 9.17) is 0 Å². The van der Waals surface area contributed by atoms with Crippen LogP contribution in [-0.4, -0.2) is 0 Å². The Bertz CT molecular complexity index is 1370. The van der Waals surface area contributed by atoms with E-state index in [0.717, 1.165) is 12.1 Å². The topological polar surface area (TPSA) is 9.23 Å². The molecule has 1 nitrogen and oxygen atoms in total. The van der Waals surface area contributed by atoms with Crippen LogP contribution in [0.5, 0.6) is 5.75 Å². The Morgan fingerprint density at radius 1 is 0.778 bits per heavy atom. The first kappa shape index (κ1) is 24.3. The van der Waals surface area contributed by atoms with Crippen molar-refractivity contribution >= 4 is 0 Å². The van der Waals surface area contributed by atoms with Crippen LogP contribution in [-0.2, 0) is 11.5 Å². The maximum Gasteiger partial charge on any atom is 0.432 e. The van der Waals surface area contributed by atoms with E-state index in [9.17, 15) is 39.5 Å². The monoisotopic (exact) mass is 514 g/mol. The van der Waals surface area contributed by atoms with Gasteiger partial charge in [0.15, 0.2) is 17.5 Å². The zero-order chi connectivity index (χ0) is 26.0. The smallest absolute Gasteiger partial charge is 0.429 e.